The summed E-state index contributed by atoms with van der Waals surface area (Å²) in [5.41, 5.74) is 5.56. The third-order valence-electron chi connectivity index (χ3n) is 6.10. The molecule has 0 saturated carbocycles. The average Bonchev–Trinajstić information content (AvgIpc) is 3.61. The summed E-state index contributed by atoms with van der Waals surface area (Å²) < 4.78 is 12.1. The van der Waals surface area contributed by atoms with Crippen LogP contribution in [0.15, 0.2) is 95.6 Å². The molecule has 1 aliphatic rings. The van der Waals surface area contributed by atoms with E-state index >= 15 is 0 Å². The van der Waals surface area contributed by atoms with E-state index in [9.17, 15) is 0 Å². The van der Waals surface area contributed by atoms with Crippen molar-refractivity contribution in [3.63, 3.8) is 0 Å². The molecule has 2 heterocycles. The van der Waals surface area contributed by atoms with Crippen molar-refractivity contribution in [3.05, 3.63) is 91.2 Å². The average molecular weight is 516 g/mol. The number of likely N-dealkylation sites (tertiary alicyclic amines) is 1. The lowest BCUT2D eigenvalue weighted by molar-refractivity contribution is -0.345. The molecule has 0 unspecified atom stereocenters. The van der Waals surface area contributed by atoms with Gasteiger partial charge >= 0.3 is 0 Å². The number of rotatable bonds is 7. The number of aliphatic carboxylic acids is 2. The first-order valence-electron chi connectivity index (χ1n) is 12.1. The highest BCUT2D eigenvalue weighted by Gasteiger charge is 2.18. The second kappa shape index (κ2) is 13.8. The van der Waals surface area contributed by atoms with Gasteiger partial charge in [0.25, 0.3) is 0 Å². The zero-order chi connectivity index (χ0) is 26.0. The van der Waals surface area contributed by atoms with Crippen LogP contribution in [-0.4, -0.2) is 48.6 Å². The van der Waals surface area contributed by atoms with Crippen LogP contribution in [0.5, 0.6) is 5.75 Å². The van der Waals surface area contributed by atoms with Crippen LogP contribution in [0.1, 0.15) is 12.8 Å². The number of benzene rings is 3. The highest BCUT2D eigenvalue weighted by molar-refractivity contribution is 6.25. The highest BCUT2D eigenvalue weighted by atomic mass is 16.5. The zero-order valence-corrected chi connectivity index (χ0v) is 20.8. The van der Waals surface area contributed by atoms with Crippen molar-refractivity contribution in [2.75, 3.05) is 26.2 Å². The number of furan rings is 1. The molecule has 8 nitrogen and oxygen atoms in total. The zero-order valence-electron chi connectivity index (χ0n) is 20.8. The van der Waals surface area contributed by atoms with E-state index in [1.807, 2.05) is 30.5 Å². The summed E-state index contributed by atoms with van der Waals surface area (Å²) >= 11 is 0. The van der Waals surface area contributed by atoms with Crippen LogP contribution in [0.3, 0.4) is 0 Å². The Hall–Kier alpha value is -4.40. The van der Waals surface area contributed by atoms with Crippen LogP contribution < -0.4 is 14.9 Å². The molecule has 3 aromatic carbocycles. The van der Waals surface area contributed by atoms with Crippen molar-refractivity contribution >= 4 is 11.9 Å². The molecule has 1 fully saturated rings. The highest BCUT2D eigenvalue weighted by Crippen LogP contribution is 2.41. The molecule has 0 radical (unpaired) electrons. The molecule has 8 heteroatoms. The first kappa shape index (κ1) is 28.2. The number of carboxylic acids is 2. The third-order valence-corrected chi connectivity index (χ3v) is 6.10. The van der Waals surface area contributed by atoms with E-state index in [2.05, 4.69) is 65.6 Å². The summed E-state index contributed by atoms with van der Waals surface area (Å²) in [6.07, 6.45) is 4.50. The molecule has 5 rings (SSSR count). The van der Waals surface area contributed by atoms with Crippen LogP contribution in [0.4, 0.5) is 0 Å². The standard InChI is InChI=1S/C28H27NO2.C2H2O4.H2O/c1-3-9-23(10-4-1)27-26(21-31-28(27)24-11-5-2-6-12-24)22-13-15-25(16-14-22)30-20-19-29-17-7-8-18-29;3-1(4)2(5)6;/h1-6,9-16,21H,7-8,17-20H2;(H,3,4)(H,5,6);1H2/p-2. The van der Waals surface area contributed by atoms with E-state index in [-0.39, 0.29) is 5.48 Å². The van der Waals surface area contributed by atoms with Gasteiger partial charge in [0.2, 0.25) is 0 Å². The SMILES string of the molecule is O.O=C([O-])C(=O)[O-].c1ccc(-c2occ(-c3ccc(OCCN4CCCC4)cc3)c2-c2ccccc2)cc1. The summed E-state index contributed by atoms with van der Waals surface area (Å²) in [5, 5.41) is 17.9. The molecule has 2 N–H and O–H groups in total. The van der Waals surface area contributed by atoms with Crippen LogP contribution >= 0.6 is 0 Å². The topological polar surface area (TPSA) is 137 Å². The molecule has 0 bridgehead atoms. The minimum absolute atomic E-state index is 0. The number of carboxylic acid groups (broad SMARTS) is 2. The van der Waals surface area contributed by atoms with E-state index in [0.717, 1.165) is 52.5 Å². The molecule has 198 valence electrons. The number of ether oxygens (including phenoxy) is 1. The number of carbonyl (C=O) groups is 2. The van der Waals surface area contributed by atoms with Gasteiger partial charge in [-0.3, -0.25) is 4.90 Å². The quantitative estimate of drug-likeness (QED) is 0.345. The van der Waals surface area contributed by atoms with Gasteiger partial charge in [0.05, 0.1) is 18.2 Å². The van der Waals surface area contributed by atoms with Gasteiger partial charge < -0.3 is 34.4 Å². The van der Waals surface area contributed by atoms with E-state index in [1.165, 1.54) is 25.9 Å². The monoisotopic (exact) mass is 515 g/mol. The summed E-state index contributed by atoms with van der Waals surface area (Å²) in [5.74, 6) is -2.56. The van der Waals surface area contributed by atoms with Gasteiger partial charge in [-0.2, -0.15) is 0 Å². The predicted octanol–water partition coefficient (Wildman–Crippen LogP) is 2.42. The van der Waals surface area contributed by atoms with Crippen molar-refractivity contribution in [2.45, 2.75) is 12.8 Å². The van der Waals surface area contributed by atoms with E-state index in [1.54, 1.807) is 0 Å². The Morgan fingerprint density at radius 2 is 1.32 bits per heavy atom. The lowest BCUT2D eigenvalue weighted by atomic mass is 9.94. The molecule has 38 heavy (non-hydrogen) atoms. The third kappa shape index (κ3) is 7.32. The smallest absolute Gasteiger partial charge is 0.142 e. The Kier molecular flexibility index (Phi) is 10.2. The number of hydrogen-bond donors (Lipinski definition) is 0. The molecule has 0 spiro atoms. The van der Waals surface area contributed by atoms with Gasteiger partial charge in [-0.15, -0.1) is 0 Å². The normalized spacial score (nSPS) is 12.6. The Balaban J connectivity index is 0.000000516. The lowest BCUT2D eigenvalue weighted by Crippen LogP contribution is -2.42. The molecule has 0 aliphatic carbocycles. The minimum Gasteiger partial charge on any atom is -0.543 e. The molecular formula is C30H29NO7-2. The Bertz CT molecular complexity index is 1280. The maximum atomic E-state index is 8.93. The predicted molar refractivity (Wildman–Crippen MR) is 140 cm³/mol. The van der Waals surface area contributed by atoms with Crippen molar-refractivity contribution in [2.24, 2.45) is 0 Å². The fourth-order valence-corrected chi connectivity index (χ4v) is 4.29. The van der Waals surface area contributed by atoms with Gasteiger partial charge in [-0.05, 0) is 49.2 Å². The molecular weight excluding hydrogens is 486 g/mol. The summed E-state index contributed by atoms with van der Waals surface area (Å²) in [6, 6.07) is 29.1. The van der Waals surface area contributed by atoms with Crippen LogP contribution in [0.2, 0.25) is 0 Å². The van der Waals surface area contributed by atoms with Crippen molar-refractivity contribution in [1.82, 2.24) is 4.90 Å². The van der Waals surface area contributed by atoms with E-state index < -0.39 is 11.9 Å². The fourth-order valence-electron chi connectivity index (χ4n) is 4.29. The second-order valence-electron chi connectivity index (χ2n) is 8.58. The van der Waals surface area contributed by atoms with Crippen LogP contribution in [0.25, 0.3) is 33.6 Å². The molecule has 4 aromatic rings. The maximum Gasteiger partial charge on any atom is 0.142 e. The minimum atomic E-state index is -2.19. The Labute approximate surface area is 221 Å². The van der Waals surface area contributed by atoms with Crippen LogP contribution in [-0.2, 0) is 9.59 Å². The van der Waals surface area contributed by atoms with Gasteiger partial charge in [0.1, 0.15) is 18.1 Å². The number of nitrogens with zero attached hydrogens (tertiary/aromatic N) is 1. The largest absolute Gasteiger partial charge is 0.543 e. The summed E-state index contributed by atoms with van der Waals surface area (Å²) in [7, 11) is 0. The molecule has 1 aromatic heterocycles. The second-order valence-corrected chi connectivity index (χ2v) is 8.58. The first-order valence-corrected chi connectivity index (χ1v) is 12.1. The Morgan fingerprint density at radius 1 is 0.763 bits per heavy atom. The molecule has 1 saturated heterocycles. The van der Waals surface area contributed by atoms with Gasteiger partial charge in [-0.25, -0.2) is 0 Å². The van der Waals surface area contributed by atoms with Gasteiger partial charge in [0, 0.05) is 23.2 Å². The van der Waals surface area contributed by atoms with Gasteiger partial charge in [0.15, 0.2) is 0 Å². The van der Waals surface area contributed by atoms with Crippen molar-refractivity contribution < 1.29 is 34.4 Å². The summed E-state index contributed by atoms with van der Waals surface area (Å²) in [4.78, 5) is 20.3. The van der Waals surface area contributed by atoms with E-state index in [0.29, 0.717) is 0 Å². The Morgan fingerprint density at radius 3 is 1.87 bits per heavy atom. The van der Waals surface area contributed by atoms with Gasteiger partial charge in [-0.1, -0.05) is 72.8 Å². The van der Waals surface area contributed by atoms with Crippen molar-refractivity contribution in [3.8, 4) is 39.3 Å². The van der Waals surface area contributed by atoms with Crippen molar-refractivity contribution in [1.29, 1.82) is 0 Å². The van der Waals surface area contributed by atoms with Crippen LogP contribution in [0, 0.1) is 0 Å². The molecule has 1 aliphatic heterocycles. The number of carbonyl (C=O) groups excluding carboxylic acids is 2. The fraction of sp³-hybridized carbons (Fsp3) is 0.200. The number of hydrogen-bond acceptors (Lipinski definition) is 7. The maximum absolute atomic E-state index is 8.93. The molecule has 0 atom stereocenters. The first-order chi connectivity index (χ1) is 18.0. The molecule has 0 amide bonds. The lowest BCUT2D eigenvalue weighted by Gasteiger charge is -2.15. The van der Waals surface area contributed by atoms with E-state index in [4.69, 9.17) is 29.0 Å². The summed E-state index contributed by atoms with van der Waals surface area (Å²) in [6.45, 7) is 4.14.